The van der Waals surface area contributed by atoms with Gasteiger partial charge < -0.3 is 10.1 Å². The van der Waals surface area contributed by atoms with Gasteiger partial charge in [-0.15, -0.1) is 11.3 Å². The number of hydrogen-bond donors (Lipinski definition) is 1. The highest BCUT2D eigenvalue weighted by atomic mass is 32.1. The number of rotatable bonds is 6. The number of pyridine rings is 1. The number of amides is 1. The van der Waals surface area contributed by atoms with Crippen LogP contribution in [0.2, 0.25) is 0 Å². The van der Waals surface area contributed by atoms with E-state index in [0.717, 1.165) is 11.3 Å². The van der Waals surface area contributed by atoms with E-state index in [0.29, 0.717) is 45.2 Å². The maximum atomic E-state index is 13.1. The molecular formula is C24H29N5O3S. The first-order chi connectivity index (χ1) is 15.8. The summed E-state index contributed by atoms with van der Waals surface area (Å²) in [4.78, 5) is 35.1. The molecule has 0 atom stereocenters. The summed E-state index contributed by atoms with van der Waals surface area (Å²) in [6.07, 6.45) is 7.77. The molecule has 4 rings (SSSR count). The largest absolute Gasteiger partial charge is 0.489 e. The molecule has 0 bridgehead atoms. The van der Waals surface area contributed by atoms with Crippen LogP contribution in [0.3, 0.4) is 0 Å². The summed E-state index contributed by atoms with van der Waals surface area (Å²) in [5, 5.41) is 7.60. The standard InChI is InChI=1S/C24H29N5O3S/c1-14-15(2)28-29(4)24(31)19(14)23-26-16(3)20(33-23)22(30)27-21-18(11-8-12-25-21)32-13-17-9-6-5-7-10-17/h8,11-12,17H,5-7,9-10,13H2,1-4H3,(H,25,27,30). The maximum Gasteiger partial charge on any atom is 0.277 e. The third-order valence-corrected chi connectivity index (χ3v) is 7.32. The first kappa shape index (κ1) is 23.1. The second kappa shape index (κ2) is 9.82. The number of aromatic nitrogens is 4. The van der Waals surface area contributed by atoms with E-state index in [2.05, 4.69) is 20.4 Å². The monoisotopic (exact) mass is 467 g/mol. The predicted octanol–water partition coefficient (Wildman–Crippen LogP) is 4.44. The van der Waals surface area contributed by atoms with Gasteiger partial charge in [0, 0.05) is 13.2 Å². The highest BCUT2D eigenvalue weighted by Gasteiger charge is 2.22. The zero-order valence-corrected chi connectivity index (χ0v) is 20.3. The van der Waals surface area contributed by atoms with Gasteiger partial charge in [-0.25, -0.2) is 14.6 Å². The number of aryl methyl sites for hydroxylation is 3. The number of hydrogen-bond acceptors (Lipinski definition) is 7. The zero-order chi connectivity index (χ0) is 23.5. The Morgan fingerprint density at radius 1 is 1.21 bits per heavy atom. The molecule has 0 aliphatic heterocycles. The normalized spacial score (nSPS) is 14.3. The van der Waals surface area contributed by atoms with Gasteiger partial charge in [-0.05, 0) is 57.2 Å². The van der Waals surface area contributed by atoms with Gasteiger partial charge in [0.05, 0.1) is 23.6 Å². The molecule has 0 unspecified atom stereocenters. The quantitative estimate of drug-likeness (QED) is 0.576. The van der Waals surface area contributed by atoms with Crippen LogP contribution in [0.15, 0.2) is 23.1 Å². The Hall–Kier alpha value is -3.07. The molecule has 3 aromatic heterocycles. The van der Waals surface area contributed by atoms with Crippen molar-refractivity contribution in [2.75, 3.05) is 11.9 Å². The molecule has 1 amide bonds. The SMILES string of the molecule is Cc1nc(-c2c(C)c(C)nn(C)c2=O)sc1C(=O)Nc1ncccc1OCC1CCCCC1. The number of nitrogens with zero attached hydrogens (tertiary/aromatic N) is 4. The number of carbonyl (C=O) groups excluding carboxylic acids is 1. The highest BCUT2D eigenvalue weighted by molar-refractivity contribution is 7.17. The molecule has 1 N–H and O–H groups in total. The van der Waals surface area contributed by atoms with Crippen LogP contribution >= 0.6 is 11.3 Å². The summed E-state index contributed by atoms with van der Waals surface area (Å²) in [6, 6.07) is 3.62. The fourth-order valence-corrected chi connectivity index (χ4v) is 5.20. The maximum absolute atomic E-state index is 13.1. The van der Waals surface area contributed by atoms with Gasteiger partial charge in [0.15, 0.2) is 11.6 Å². The van der Waals surface area contributed by atoms with Crippen LogP contribution in [0.4, 0.5) is 5.82 Å². The Morgan fingerprint density at radius 3 is 2.73 bits per heavy atom. The fraction of sp³-hybridized carbons (Fsp3) is 0.458. The second-order valence-electron chi connectivity index (χ2n) is 8.57. The second-order valence-corrected chi connectivity index (χ2v) is 9.57. The molecule has 1 aliphatic rings. The molecule has 0 radical (unpaired) electrons. The topological polar surface area (TPSA) is 99.0 Å². The lowest BCUT2D eigenvalue weighted by atomic mass is 9.90. The van der Waals surface area contributed by atoms with E-state index < -0.39 is 0 Å². The average Bonchev–Trinajstić information content (AvgIpc) is 3.19. The molecular weight excluding hydrogens is 438 g/mol. The molecule has 9 heteroatoms. The van der Waals surface area contributed by atoms with E-state index in [9.17, 15) is 9.59 Å². The van der Waals surface area contributed by atoms with Crippen molar-refractivity contribution < 1.29 is 9.53 Å². The summed E-state index contributed by atoms with van der Waals surface area (Å²) in [6.45, 7) is 6.09. The van der Waals surface area contributed by atoms with Crippen molar-refractivity contribution >= 4 is 23.1 Å². The van der Waals surface area contributed by atoms with Gasteiger partial charge in [0.2, 0.25) is 0 Å². The van der Waals surface area contributed by atoms with Crippen molar-refractivity contribution in [3.05, 3.63) is 50.5 Å². The van der Waals surface area contributed by atoms with Crippen LogP contribution in [-0.2, 0) is 7.05 Å². The lowest BCUT2D eigenvalue weighted by Crippen LogP contribution is -2.23. The fourth-order valence-electron chi connectivity index (χ4n) is 4.14. The Morgan fingerprint density at radius 2 is 1.97 bits per heavy atom. The number of anilines is 1. The molecule has 0 saturated heterocycles. The summed E-state index contributed by atoms with van der Waals surface area (Å²) in [5.74, 6) is 1.17. The van der Waals surface area contributed by atoms with Crippen molar-refractivity contribution in [2.24, 2.45) is 13.0 Å². The first-order valence-corrected chi connectivity index (χ1v) is 12.1. The molecule has 8 nitrogen and oxygen atoms in total. The number of thiazole rings is 1. The minimum absolute atomic E-state index is 0.234. The minimum atomic E-state index is -0.322. The van der Waals surface area contributed by atoms with Gasteiger partial charge in [-0.3, -0.25) is 9.59 Å². The Kier molecular flexibility index (Phi) is 6.88. The smallest absolute Gasteiger partial charge is 0.277 e. The van der Waals surface area contributed by atoms with Gasteiger partial charge in [0.25, 0.3) is 11.5 Å². The molecule has 0 aromatic carbocycles. The molecule has 1 fully saturated rings. The van der Waals surface area contributed by atoms with Crippen LogP contribution in [0.5, 0.6) is 5.75 Å². The molecule has 1 saturated carbocycles. The van der Waals surface area contributed by atoms with E-state index in [1.165, 1.54) is 48.1 Å². The van der Waals surface area contributed by atoms with Crippen molar-refractivity contribution in [3.8, 4) is 16.3 Å². The Balaban J connectivity index is 1.55. The van der Waals surface area contributed by atoms with Crippen LogP contribution in [0.1, 0.15) is 58.7 Å². The van der Waals surface area contributed by atoms with E-state index in [1.54, 1.807) is 26.2 Å². The van der Waals surface area contributed by atoms with Crippen LogP contribution < -0.4 is 15.6 Å². The molecule has 3 aromatic rings. The summed E-state index contributed by atoms with van der Waals surface area (Å²) in [5.41, 5.74) is 2.32. The van der Waals surface area contributed by atoms with Crippen LogP contribution in [0.25, 0.3) is 10.6 Å². The average molecular weight is 468 g/mol. The van der Waals surface area contributed by atoms with Gasteiger partial charge >= 0.3 is 0 Å². The Bertz CT molecular complexity index is 1230. The van der Waals surface area contributed by atoms with Crippen LogP contribution in [-0.4, -0.2) is 32.3 Å². The van der Waals surface area contributed by atoms with Gasteiger partial charge in [-0.2, -0.15) is 5.10 Å². The van der Waals surface area contributed by atoms with Gasteiger partial charge in [0.1, 0.15) is 9.88 Å². The molecule has 174 valence electrons. The van der Waals surface area contributed by atoms with Crippen LogP contribution in [0, 0.1) is 26.7 Å². The number of nitrogens with one attached hydrogen (secondary N) is 1. The third-order valence-electron chi connectivity index (χ3n) is 6.14. The van der Waals surface area contributed by atoms with E-state index in [4.69, 9.17) is 4.74 Å². The summed E-state index contributed by atoms with van der Waals surface area (Å²) >= 11 is 1.19. The van der Waals surface area contributed by atoms with Crippen molar-refractivity contribution in [2.45, 2.75) is 52.9 Å². The number of carbonyl (C=O) groups is 1. The third kappa shape index (κ3) is 4.98. The lowest BCUT2D eigenvalue weighted by Gasteiger charge is -2.22. The summed E-state index contributed by atoms with van der Waals surface area (Å²) < 4.78 is 7.34. The molecule has 3 heterocycles. The van der Waals surface area contributed by atoms with E-state index in [-0.39, 0.29) is 11.5 Å². The van der Waals surface area contributed by atoms with E-state index >= 15 is 0 Å². The minimum Gasteiger partial charge on any atom is -0.489 e. The van der Waals surface area contributed by atoms with Crippen molar-refractivity contribution in [3.63, 3.8) is 0 Å². The first-order valence-electron chi connectivity index (χ1n) is 11.3. The summed E-state index contributed by atoms with van der Waals surface area (Å²) in [7, 11) is 1.61. The molecule has 33 heavy (non-hydrogen) atoms. The highest BCUT2D eigenvalue weighted by Crippen LogP contribution is 2.31. The predicted molar refractivity (Wildman–Crippen MR) is 129 cm³/mol. The van der Waals surface area contributed by atoms with Gasteiger partial charge in [-0.1, -0.05) is 19.3 Å². The van der Waals surface area contributed by atoms with Crippen molar-refractivity contribution in [1.82, 2.24) is 19.7 Å². The van der Waals surface area contributed by atoms with Crippen molar-refractivity contribution in [1.29, 1.82) is 0 Å². The molecule has 1 aliphatic carbocycles. The lowest BCUT2D eigenvalue weighted by molar-refractivity contribution is 0.102. The van der Waals surface area contributed by atoms with E-state index in [1.807, 2.05) is 19.9 Å². The Labute approximate surface area is 197 Å². The number of ether oxygens (including phenoxy) is 1. The molecule has 0 spiro atoms. The zero-order valence-electron chi connectivity index (χ0n) is 19.5.